The third-order valence-electron chi connectivity index (χ3n) is 2.91. The van der Waals surface area contributed by atoms with E-state index >= 15 is 0 Å². The molecule has 1 radical (unpaired) electrons. The van der Waals surface area contributed by atoms with Crippen molar-refractivity contribution in [1.29, 1.82) is 0 Å². The molecule has 3 rings (SSSR count). The third-order valence-corrected chi connectivity index (χ3v) is 2.91. The molecule has 0 aliphatic heterocycles. The average Bonchev–Trinajstić information content (AvgIpc) is 2.57. The molecule has 0 aliphatic carbocycles. The van der Waals surface area contributed by atoms with E-state index in [0.717, 1.165) is 28.2 Å². The molecule has 0 atom stereocenters. The van der Waals surface area contributed by atoms with Crippen LogP contribution in [0.2, 0.25) is 0 Å². The van der Waals surface area contributed by atoms with Crippen molar-refractivity contribution in [2.75, 3.05) is 0 Å². The fourth-order valence-corrected chi connectivity index (χ4v) is 1.99. The minimum Gasteiger partial charge on any atom is -0.430 e. The Morgan fingerprint density at radius 1 is 0.958 bits per heavy atom. The molecule has 5 heteroatoms. The maximum absolute atomic E-state index is 4.62. The van der Waals surface area contributed by atoms with E-state index in [-0.39, 0.29) is 78.6 Å². The summed E-state index contributed by atoms with van der Waals surface area (Å²) >= 11 is 0. The number of aryl methyl sites for hydroxylation is 2. The molecule has 0 saturated heterocycles. The first-order valence-electron chi connectivity index (χ1n) is 7.40. The fraction of sp³-hybridized carbons (Fsp3) is 0.211. The van der Waals surface area contributed by atoms with Gasteiger partial charge in [0.25, 0.3) is 0 Å². The van der Waals surface area contributed by atoms with E-state index in [2.05, 4.69) is 27.1 Å². The maximum atomic E-state index is 4.62. The minimum absolute atomic E-state index is 0. The summed E-state index contributed by atoms with van der Waals surface area (Å²) in [6.07, 6.45) is 1.63. The number of aromatic nitrogens is 3. The molecule has 0 bridgehead atoms. The molecule has 1 aromatic carbocycles. The van der Waals surface area contributed by atoms with Gasteiger partial charge in [0.15, 0.2) is 5.82 Å². The molecule has 3 nitrogen and oxygen atoms in total. The van der Waals surface area contributed by atoms with Gasteiger partial charge in [-0.3, -0.25) is 15.0 Å². The van der Waals surface area contributed by atoms with Crippen molar-refractivity contribution in [3.8, 4) is 22.8 Å². The van der Waals surface area contributed by atoms with Gasteiger partial charge in [-0.25, -0.2) is 0 Å². The summed E-state index contributed by atoms with van der Waals surface area (Å²) < 4.78 is 0. The van der Waals surface area contributed by atoms with Crippen molar-refractivity contribution in [2.24, 2.45) is 0 Å². The number of rotatable bonds is 2. The Hall–Kier alpha value is -0.0825. The Labute approximate surface area is 207 Å². The van der Waals surface area contributed by atoms with Crippen LogP contribution in [0.4, 0.5) is 0 Å². The largest absolute Gasteiger partial charge is 1.00 e. The molecule has 0 spiro atoms. The second-order valence-electron chi connectivity index (χ2n) is 4.59. The van der Waals surface area contributed by atoms with Gasteiger partial charge in [0.2, 0.25) is 0 Å². The van der Waals surface area contributed by atoms with Crippen LogP contribution in [0.15, 0.2) is 42.6 Å². The number of hydrogen-bond donors (Lipinski definition) is 0. The molecule has 119 valence electrons. The number of pyridine rings is 1. The van der Waals surface area contributed by atoms with Crippen molar-refractivity contribution >= 4 is 0 Å². The van der Waals surface area contributed by atoms with Crippen molar-refractivity contribution in [1.82, 2.24) is 15.0 Å². The number of benzene rings is 1. The molecule has 0 unspecified atom stereocenters. The first-order valence-corrected chi connectivity index (χ1v) is 7.40. The summed E-state index contributed by atoms with van der Waals surface area (Å²) in [7, 11) is 0. The second-order valence-corrected chi connectivity index (χ2v) is 4.59. The SMILES string of the molecule is CC.Cc1[c-]c(-c2ccccc2)nc(-c2nc[c-]c(C)n2)c1.[Rb+].[Re]. The van der Waals surface area contributed by atoms with Gasteiger partial charge in [-0.15, -0.1) is 30.1 Å². The zero-order chi connectivity index (χ0) is 15.9. The molecule has 0 N–H and O–H groups in total. The van der Waals surface area contributed by atoms with Crippen molar-refractivity contribution in [3.05, 3.63) is 66.0 Å². The van der Waals surface area contributed by atoms with Crippen molar-refractivity contribution < 1.29 is 78.6 Å². The zero-order valence-electron chi connectivity index (χ0n) is 14.8. The van der Waals surface area contributed by atoms with E-state index in [1.807, 2.05) is 64.1 Å². The quantitative estimate of drug-likeness (QED) is 0.446. The maximum Gasteiger partial charge on any atom is 1.00 e. The van der Waals surface area contributed by atoms with Gasteiger partial charge < -0.3 is 6.07 Å². The van der Waals surface area contributed by atoms with E-state index in [4.69, 9.17) is 0 Å². The van der Waals surface area contributed by atoms with E-state index in [0.29, 0.717) is 5.82 Å². The molecule has 0 aliphatic rings. The summed E-state index contributed by atoms with van der Waals surface area (Å²) in [6.45, 7) is 7.89. The zero-order valence-corrected chi connectivity index (χ0v) is 22.4. The normalized spacial score (nSPS) is 9.00. The first kappa shape index (κ1) is 23.9. The Morgan fingerprint density at radius 2 is 1.62 bits per heavy atom. The Morgan fingerprint density at radius 3 is 2.25 bits per heavy atom. The fourth-order valence-electron chi connectivity index (χ4n) is 1.99. The van der Waals surface area contributed by atoms with Gasteiger partial charge in [0.1, 0.15) is 0 Å². The van der Waals surface area contributed by atoms with Crippen molar-refractivity contribution in [2.45, 2.75) is 27.7 Å². The summed E-state index contributed by atoms with van der Waals surface area (Å²) in [5.41, 5.74) is 4.44. The van der Waals surface area contributed by atoms with Crippen LogP contribution in [0, 0.1) is 26.0 Å². The molecular weight excluding hydrogens is 542 g/mol. The topological polar surface area (TPSA) is 38.7 Å². The summed E-state index contributed by atoms with van der Waals surface area (Å²) in [5, 5.41) is 0. The Bertz CT molecular complexity index is 749. The molecule has 24 heavy (non-hydrogen) atoms. The molecule has 3 aromatic rings. The van der Waals surface area contributed by atoms with Crippen molar-refractivity contribution in [3.63, 3.8) is 0 Å². The number of nitrogens with zero attached hydrogens (tertiary/aromatic N) is 3. The molecule has 2 aromatic heterocycles. The third kappa shape index (κ3) is 6.67. The van der Waals surface area contributed by atoms with Crippen LogP contribution in [-0.4, -0.2) is 15.0 Å². The van der Waals surface area contributed by atoms with E-state index in [9.17, 15) is 0 Å². The van der Waals surface area contributed by atoms with E-state index in [1.54, 1.807) is 6.20 Å². The number of hydrogen-bond acceptors (Lipinski definition) is 3. The molecule has 0 saturated carbocycles. The summed E-state index contributed by atoms with van der Waals surface area (Å²) in [6, 6.07) is 18.2. The van der Waals surface area contributed by atoms with Crippen LogP contribution in [0.5, 0.6) is 0 Å². The van der Waals surface area contributed by atoms with Gasteiger partial charge in [0, 0.05) is 20.4 Å². The smallest absolute Gasteiger partial charge is 0.430 e. The molecule has 2 heterocycles. The van der Waals surface area contributed by atoms with Gasteiger partial charge in [-0.1, -0.05) is 51.5 Å². The standard InChI is InChI=1S/C17H13N3.C2H6.Rb.Re/c1-12-10-15(14-6-4-3-5-7-14)20-16(11-12)17-18-9-8-13(2)19-17;1-2;;/h3-7,9,11H,1-2H3;1-2H3;;/q-2;;+1;. The average molecular weight is 561 g/mol. The van der Waals surface area contributed by atoms with Crippen LogP contribution in [0.1, 0.15) is 25.1 Å². The van der Waals surface area contributed by atoms with Crippen LogP contribution < -0.4 is 58.2 Å². The van der Waals surface area contributed by atoms with Gasteiger partial charge in [-0.05, 0) is 5.69 Å². The monoisotopic (exact) mass is 561 g/mol. The van der Waals surface area contributed by atoms with Gasteiger partial charge in [-0.2, -0.15) is 11.6 Å². The minimum atomic E-state index is 0. The van der Waals surface area contributed by atoms with Crippen LogP contribution in [0.25, 0.3) is 22.8 Å². The van der Waals surface area contributed by atoms with Gasteiger partial charge >= 0.3 is 58.2 Å². The summed E-state index contributed by atoms with van der Waals surface area (Å²) in [5.74, 6) is 0.621. The Balaban J connectivity index is 0.00000128. The van der Waals surface area contributed by atoms with Crippen LogP contribution in [0.3, 0.4) is 0 Å². The summed E-state index contributed by atoms with van der Waals surface area (Å²) in [4.78, 5) is 13.2. The first-order chi connectivity index (χ1) is 10.7. The molecule has 0 amide bonds. The molecule has 0 fully saturated rings. The van der Waals surface area contributed by atoms with Gasteiger partial charge in [0.05, 0.1) is 5.69 Å². The van der Waals surface area contributed by atoms with Crippen LogP contribution >= 0.6 is 0 Å². The van der Waals surface area contributed by atoms with E-state index in [1.165, 1.54) is 0 Å². The van der Waals surface area contributed by atoms with E-state index < -0.39 is 0 Å². The molecular formula is C19H19N3RbRe-. The second kappa shape index (κ2) is 12.3. The predicted octanol–water partition coefficient (Wildman–Crippen LogP) is 1.45. The van der Waals surface area contributed by atoms with Crippen LogP contribution in [-0.2, 0) is 20.4 Å². The Kier molecular flexibility index (Phi) is 12.3. The predicted molar refractivity (Wildman–Crippen MR) is 89.2 cm³/mol.